The fourth-order valence-corrected chi connectivity index (χ4v) is 2.02. The lowest BCUT2D eigenvalue weighted by Crippen LogP contribution is -2.47. The van der Waals surface area contributed by atoms with Crippen LogP contribution in [0.3, 0.4) is 0 Å². The van der Waals surface area contributed by atoms with Crippen molar-refractivity contribution in [2.45, 2.75) is 31.3 Å². The number of hydrogen-bond acceptors (Lipinski definition) is 2. The van der Waals surface area contributed by atoms with E-state index in [1.54, 1.807) is 0 Å². The number of carboxylic acid groups (broad SMARTS) is 1. The number of amides is 1. The van der Waals surface area contributed by atoms with Crippen LogP contribution >= 0.6 is 0 Å². The van der Waals surface area contributed by atoms with Crippen LogP contribution in [0.2, 0.25) is 0 Å². The summed E-state index contributed by atoms with van der Waals surface area (Å²) >= 11 is 0. The molecule has 0 aromatic rings. The first kappa shape index (κ1) is 8.29. The Labute approximate surface area is 75.8 Å². The fourth-order valence-electron chi connectivity index (χ4n) is 2.02. The van der Waals surface area contributed by atoms with Gasteiger partial charge >= 0.3 is 5.97 Å². The van der Waals surface area contributed by atoms with Gasteiger partial charge in [0.25, 0.3) is 0 Å². The van der Waals surface area contributed by atoms with Crippen LogP contribution in [0, 0.1) is 0 Å². The molecule has 0 radical (unpaired) electrons. The average molecular weight is 181 g/mol. The molecule has 2 aliphatic heterocycles. The Hall–Kier alpha value is -1.32. The summed E-state index contributed by atoms with van der Waals surface area (Å²) in [6.07, 6.45) is 5.48. The molecule has 1 fully saturated rings. The summed E-state index contributed by atoms with van der Waals surface area (Å²) in [6.45, 7) is 0. The number of rotatable bonds is 1. The van der Waals surface area contributed by atoms with Crippen LogP contribution in [0.15, 0.2) is 12.2 Å². The van der Waals surface area contributed by atoms with Crippen LogP contribution in [0.25, 0.3) is 0 Å². The van der Waals surface area contributed by atoms with Crippen molar-refractivity contribution in [3.8, 4) is 0 Å². The Balaban J connectivity index is 2.27. The summed E-state index contributed by atoms with van der Waals surface area (Å²) in [5, 5.41) is 8.88. The lowest BCUT2D eigenvalue weighted by atomic mass is 10.0. The van der Waals surface area contributed by atoms with Gasteiger partial charge in [0.05, 0.1) is 6.04 Å². The molecule has 0 aliphatic carbocycles. The van der Waals surface area contributed by atoms with E-state index in [1.807, 2.05) is 12.2 Å². The smallest absolute Gasteiger partial charge is 0.326 e. The molecule has 2 unspecified atom stereocenters. The van der Waals surface area contributed by atoms with Gasteiger partial charge in [0, 0.05) is 6.42 Å². The second-order valence-electron chi connectivity index (χ2n) is 3.42. The van der Waals surface area contributed by atoms with Gasteiger partial charge in [-0.2, -0.15) is 0 Å². The van der Waals surface area contributed by atoms with Crippen LogP contribution in [-0.2, 0) is 9.59 Å². The molecular formula is C9H11NO3. The zero-order valence-electron chi connectivity index (χ0n) is 7.14. The Morgan fingerprint density at radius 3 is 3.08 bits per heavy atom. The van der Waals surface area contributed by atoms with Crippen molar-refractivity contribution < 1.29 is 14.7 Å². The highest BCUT2D eigenvalue weighted by Crippen LogP contribution is 2.27. The molecule has 13 heavy (non-hydrogen) atoms. The first-order valence-corrected chi connectivity index (χ1v) is 4.41. The first-order chi connectivity index (χ1) is 6.20. The Kier molecular flexibility index (Phi) is 1.83. The SMILES string of the molecule is O=C(O)C1CC=CC2CCC(=O)N21. The fraction of sp³-hybridized carbons (Fsp3) is 0.556. The summed E-state index contributed by atoms with van der Waals surface area (Å²) in [5.41, 5.74) is 0. The van der Waals surface area contributed by atoms with Gasteiger partial charge in [-0.25, -0.2) is 4.79 Å². The molecule has 1 amide bonds. The van der Waals surface area contributed by atoms with E-state index in [0.717, 1.165) is 6.42 Å². The van der Waals surface area contributed by atoms with E-state index >= 15 is 0 Å². The van der Waals surface area contributed by atoms with Gasteiger partial charge in [-0.3, -0.25) is 4.79 Å². The summed E-state index contributed by atoms with van der Waals surface area (Å²) in [4.78, 5) is 23.7. The lowest BCUT2D eigenvalue weighted by molar-refractivity contribution is -0.149. The van der Waals surface area contributed by atoms with Crippen molar-refractivity contribution in [2.75, 3.05) is 0 Å². The minimum Gasteiger partial charge on any atom is -0.480 e. The summed E-state index contributed by atoms with van der Waals surface area (Å²) < 4.78 is 0. The Morgan fingerprint density at radius 2 is 2.38 bits per heavy atom. The molecule has 0 spiro atoms. The maximum absolute atomic E-state index is 11.4. The molecule has 1 saturated heterocycles. The highest BCUT2D eigenvalue weighted by atomic mass is 16.4. The van der Waals surface area contributed by atoms with Crippen LogP contribution in [0.1, 0.15) is 19.3 Å². The standard InChI is InChI=1S/C9H11NO3/c11-8-5-4-6-2-1-3-7(9(12)13)10(6)8/h1-2,6-7H,3-5H2,(H,12,13). The number of carboxylic acids is 1. The normalized spacial score (nSPS) is 32.0. The van der Waals surface area contributed by atoms with Crippen LogP contribution < -0.4 is 0 Å². The maximum Gasteiger partial charge on any atom is 0.326 e. The first-order valence-electron chi connectivity index (χ1n) is 4.41. The monoisotopic (exact) mass is 181 g/mol. The van der Waals surface area contributed by atoms with Gasteiger partial charge in [0.2, 0.25) is 5.91 Å². The molecule has 2 aliphatic rings. The molecule has 2 atom stereocenters. The maximum atomic E-state index is 11.4. The minimum atomic E-state index is -0.899. The van der Waals surface area contributed by atoms with E-state index in [-0.39, 0.29) is 11.9 Å². The molecule has 2 rings (SSSR count). The third kappa shape index (κ3) is 1.22. The van der Waals surface area contributed by atoms with Crippen LogP contribution in [-0.4, -0.2) is 34.0 Å². The highest BCUT2D eigenvalue weighted by Gasteiger charge is 2.39. The van der Waals surface area contributed by atoms with Gasteiger partial charge < -0.3 is 10.0 Å². The molecule has 0 bridgehead atoms. The van der Waals surface area contributed by atoms with E-state index in [9.17, 15) is 9.59 Å². The molecule has 70 valence electrons. The molecule has 1 N–H and O–H groups in total. The van der Waals surface area contributed by atoms with Gasteiger partial charge in [0.15, 0.2) is 0 Å². The summed E-state index contributed by atoms with van der Waals surface area (Å²) in [6, 6.07) is -0.604. The molecule has 2 heterocycles. The number of aliphatic carboxylic acids is 1. The van der Waals surface area contributed by atoms with E-state index in [1.165, 1.54) is 4.90 Å². The number of carbonyl (C=O) groups is 2. The van der Waals surface area contributed by atoms with E-state index in [4.69, 9.17) is 5.11 Å². The number of hydrogen-bond donors (Lipinski definition) is 1. The third-order valence-corrected chi connectivity index (χ3v) is 2.64. The largest absolute Gasteiger partial charge is 0.480 e. The van der Waals surface area contributed by atoms with Crippen molar-refractivity contribution in [1.82, 2.24) is 4.90 Å². The Morgan fingerprint density at radius 1 is 1.62 bits per heavy atom. The van der Waals surface area contributed by atoms with E-state index < -0.39 is 12.0 Å². The summed E-state index contributed by atoms with van der Waals surface area (Å²) in [7, 11) is 0. The van der Waals surface area contributed by atoms with Crippen molar-refractivity contribution in [3.05, 3.63) is 12.2 Å². The average Bonchev–Trinajstić information content (AvgIpc) is 2.48. The van der Waals surface area contributed by atoms with Crippen LogP contribution in [0.5, 0.6) is 0 Å². The molecule has 0 aromatic heterocycles. The van der Waals surface area contributed by atoms with Gasteiger partial charge in [-0.05, 0) is 12.8 Å². The molecule has 4 nitrogen and oxygen atoms in total. The van der Waals surface area contributed by atoms with E-state index in [0.29, 0.717) is 12.8 Å². The van der Waals surface area contributed by atoms with Crippen molar-refractivity contribution >= 4 is 11.9 Å². The number of nitrogens with zero attached hydrogens (tertiary/aromatic N) is 1. The predicted molar refractivity (Wildman–Crippen MR) is 45.0 cm³/mol. The number of carbonyl (C=O) groups excluding carboxylic acids is 1. The Bertz CT molecular complexity index is 285. The quantitative estimate of drug-likeness (QED) is 0.595. The molecule has 0 aromatic carbocycles. The zero-order chi connectivity index (χ0) is 9.42. The van der Waals surface area contributed by atoms with Gasteiger partial charge in [-0.15, -0.1) is 0 Å². The second-order valence-corrected chi connectivity index (χ2v) is 3.42. The molecule has 4 heteroatoms. The predicted octanol–water partition coefficient (Wildman–Crippen LogP) is 0.391. The topological polar surface area (TPSA) is 57.6 Å². The molecular weight excluding hydrogens is 170 g/mol. The van der Waals surface area contributed by atoms with Crippen molar-refractivity contribution in [1.29, 1.82) is 0 Å². The van der Waals surface area contributed by atoms with Crippen molar-refractivity contribution in [3.63, 3.8) is 0 Å². The van der Waals surface area contributed by atoms with E-state index in [2.05, 4.69) is 0 Å². The zero-order valence-corrected chi connectivity index (χ0v) is 7.14. The second kappa shape index (κ2) is 2.87. The lowest BCUT2D eigenvalue weighted by Gasteiger charge is -2.31. The van der Waals surface area contributed by atoms with Crippen LogP contribution in [0.4, 0.5) is 0 Å². The minimum absolute atomic E-state index is 0.0262. The third-order valence-electron chi connectivity index (χ3n) is 2.64. The number of fused-ring (bicyclic) bond motifs is 1. The van der Waals surface area contributed by atoms with Crippen molar-refractivity contribution in [2.24, 2.45) is 0 Å². The van der Waals surface area contributed by atoms with Gasteiger partial charge in [-0.1, -0.05) is 12.2 Å². The molecule has 0 saturated carbocycles. The summed E-state index contributed by atoms with van der Waals surface area (Å²) in [5.74, 6) is -0.925. The van der Waals surface area contributed by atoms with Gasteiger partial charge in [0.1, 0.15) is 6.04 Å². The highest BCUT2D eigenvalue weighted by molar-refractivity contribution is 5.86.